The highest BCUT2D eigenvalue weighted by Gasteiger charge is 2.32. The minimum atomic E-state index is -3.83. The van der Waals surface area contributed by atoms with E-state index in [1.165, 1.54) is 16.6 Å². The van der Waals surface area contributed by atoms with Crippen molar-refractivity contribution < 1.29 is 16.8 Å². The van der Waals surface area contributed by atoms with Crippen LogP contribution in [0.5, 0.6) is 0 Å². The quantitative estimate of drug-likeness (QED) is 0.658. The van der Waals surface area contributed by atoms with Crippen LogP contribution in [0, 0.1) is 0 Å². The summed E-state index contributed by atoms with van der Waals surface area (Å²) in [6.07, 6.45) is 3.24. The molecule has 160 valence electrons. The third kappa shape index (κ3) is 3.86. The van der Waals surface area contributed by atoms with Gasteiger partial charge in [0.1, 0.15) is 5.65 Å². The van der Waals surface area contributed by atoms with Crippen LogP contribution in [0.2, 0.25) is 0 Å². The van der Waals surface area contributed by atoms with E-state index in [4.69, 9.17) is 0 Å². The molecule has 0 aromatic carbocycles. The van der Waals surface area contributed by atoms with E-state index in [0.717, 1.165) is 27.9 Å². The summed E-state index contributed by atoms with van der Waals surface area (Å²) in [5.41, 5.74) is 3.46. The number of H-pyrrole nitrogens is 1. The third-order valence-electron chi connectivity index (χ3n) is 5.29. The maximum atomic E-state index is 12.8. The lowest BCUT2D eigenvalue weighted by Gasteiger charge is -2.25. The fourth-order valence-corrected chi connectivity index (χ4v) is 6.23. The number of hydrogen-bond donors (Lipinski definition) is 1. The van der Waals surface area contributed by atoms with Gasteiger partial charge in [-0.2, -0.15) is 4.31 Å². The van der Waals surface area contributed by atoms with E-state index in [9.17, 15) is 16.8 Å². The molecule has 3 aromatic rings. The molecular weight excluding hydrogens is 424 g/mol. The number of fused-ring (bicyclic) bond motifs is 1. The van der Waals surface area contributed by atoms with E-state index in [0.29, 0.717) is 0 Å². The predicted molar refractivity (Wildman–Crippen MR) is 115 cm³/mol. The van der Waals surface area contributed by atoms with Crippen molar-refractivity contribution in [1.82, 2.24) is 19.3 Å². The number of nitrogens with zero attached hydrogens (tertiary/aromatic N) is 3. The van der Waals surface area contributed by atoms with Crippen molar-refractivity contribution >= 4 is 30.9 Å². The Hall–Kier alpha value is -2.30. The van der Waals surface area contributed by atoms with Crippen molar-refractivity contribution in [3.05, 3.63) is 42.4 Å². The van der Waals surface area contributed by atoms with Gasteiger partial charge in [-0.3, -0.25) is 0 Å². The van der Waals surface area contributed by atoms with Crippen LogP contribution in [0.3, 0.4) is 0 Å². The van der Waals surface area contributed by atoms with Crippen LogP contribution < -0.4 is 0 Å². The molecule has 4 heterocycles. The molecule has 0 unspecified atom stereocenters. The maximum absolute atomic E-state index is 12.8. The second kappa shape index (κ2) is 7.14. The van der Waals surface area contributed by atoms with Crippen molar-refractivity contribution in [2.24, 2.45) is 0 Å². The molecule has 0 bridgehead atoms. The second-order valence-electron chi connectivity index (χ2n) is 8.49. The Bertz CT molecular complexity index is 1290. The zero-order chi connectivity index (χ0) is 21.7. The van der Waals surface area contributed by atoms with Crippen LogP contribution in [0.4, 0.5) is 0 Å². The fourth-order valence-electron chi connectivity index (χ4n) is 3.44. The number of rotatable bonds is 3. The molecule has 10 heteroatoms. The van der Waals surface area contributed by atoms with E-state index >= 15 is 0 Å². The minimum Gasteiger partial charge on any atom is -0.343 e. The molecule has 0 saturated carbocycles. The smallest absolute Gasteiger partial charge is 0.260 e. The summed E-state index contributed by atoms with van der Waals surface area (Å²) in [4.78, 5) is 11.9. The van der Waals surface area contributed by atoms with Crippen LogP contribution in [-0.2, 0) is 25.3 Å². The van der Waals surface area contributed by atoms with Crippen molar-refractivity contribution in [3.8, 4) is 11.1 Å². The molecular formula is C20H24N4O4S2. The summed E-state index contributed by atoms with van der Waals surface area (Å²) in [5.74, 6) is -0.328. The molecule has 0 amide bonds. The molecule has 1 saturated heterocycles. The lowest BCUT2D eigenvalue weighted by Crippen LogP contribution is -2.43. The summed E-state index contributed by atoms with van der Waals surface area (Å²) in [7, 11) is -7.00. The number of pyridine rings is 2. The number of sulfonamides is 1. The first-order chi connectivity index (χ1) is 14.0. The molecule has 4 rings (SSSR count). The highest BCUT2D eigenvalue weighted by atomic mass is 32.2. The molecule has 1 aliphatic rings. The molecule has 1 aliphatic heterocycles. The Morgan fingerprint density at radius 1 is 1.07 bits per heavy atom. The molecule has 8 nitrogen and oxygen atoms in total. The Kier molecular flexibility index (Phi) is 4.99. The third-order valence-corrected chi connectivity index (χ3v) is 8.72. The van der Waals surface area contributed by atoms with Gasteiger partial charge in [0.15, 0.2) is 14.9 Å². The Morgan fingerprint density at radius 2 is 1.77 bits per heavy atom. The lowest BCUT2D eigenvalue weighted by molar-refractivity contribution is 0.428. The van der Waals surface area contributed by atoms with Gasteiger partial charge < -0.3 is 4.98 Å². The standard InChI is InChI=1S/C20H24N4O4S2/c1-20(2,3)17-12-16-15(6-7-21-19(16)23-17)14-4-5-18(22-13-14)30(27,28)24-8-10-29(25,26)11-9-24/h4-7,12-13H,8-11H2,1-3H3,(H,21,23). The molecule has 1 N–H and O–H groups in total. The minimum absolute atomic E-state index is 0.0436. The number of sulfone groups is 1. The largest absolute Gasteiger partial charge is 0.343 e. The van der Waals surface area contributed by atoms with Crippen molar-refractivity contribution in [2.75, 3.05) is 24.6 Å². The fraction of sp³-hybridized carbons (Fsp3) is 0.400. The maximum Gasteiger partial charge on any atom is 0.260 e. The summed E-state index contributed by atoms with van der Waals surface area (Å²) in [6.45, 7) is 6.26. The van der Waals surface area contributed by atoms with Gasteiger partial charge >= 0.3 is 0 Å². The highest BCUT2D eigenvalue weighted by Crippen LogP contribution is 2.32. The van der Waals surface area contributed by atoms with Crippen molar-refractivity contribution in [2.45, 2.75) is 31.2 Å². The van der Waals surface area contributed by atoms with Crippen LogP contribution in [-0.4, -0.2) is 60.7 Å². The highest BCUT2D eigenvalue weighted by molar-refractivity contribution is 7.92. The first kappa shape index (κ1) is 21.0. The SMILES string of the molecule is CC(C)(C)c1cc2c(-c3ccc(S(=O)(=O)N4CCS(=O)(=O)CC4)nc3)ccnc2[nH]1. The second-order valence-corrected chi connectivity index (χ2v) is 12.7. The van der Waals surface area contributed by atoms with Gasteiger partial charge in [-0.25, -0.2) is 26.8 Å². The van der Waals surface area contributed by atoms with E-state index in [-0.39, 0.29) is 35.0 Å². The van der Waals surface area contributed by atoms with Gasteiger partial charge in [-0.05, 0) is 29.8 Å². The molecule has 0 aliphatic carbocycles. The first-order valence-electron chi connectivity index (χ1n) is 9.63. The number of hydrogen-bond acceptors (Lipinski definition) is 6. The monoisotopic (exact) mass is 448 g/mol. The van der Waals surface area contributed by atoms with E-state index in [1.807, 2.05) is 6.07 Å². The molecule has 0 radical (unpaired) electrons. The number of nitrogens with one attached hydrogen (secondary N) is 1. The molecule has 1 fully saturated rings. The van der Waals surface area contributed by atoms with Crippen molar-refractivity contribution in [1.29, 1.82) is 0 Å². The van der Waals surface area contributed by atoms with Crippen LogP contribution in [0.15, 0.2) is 41.7 Å². The Balaban J connectivity index is 1.67. The van der Waals surface area contributed by atoms with E-state index in [2.05, 4.69) is 41.8 Å². The summed E-state index contributed by atoms with van der Waals surface area (Å²) < 4.78 is 50.0. The molecule has 30 heavy (non-hydrogen) atoms. The average molecular weight is 449 g/mol. The summed E-state index contributed by atoms with van der Waals surface area (Å²) in [5, 5.41) is 0.862. The molecule has 3 aromatic heterocycles. The van der Waals surface area contributed by atoms with Gasteiger partial charge in [0.2, 0.25) is 0 Å². The topological polar surface area (TPSA) is 113 Å². The summed E-state index contributed by atoms with van der Waals surface area (Å²) >= 11 is 0. The first-order valence-corrected chi connectivity index (χ1v) is 12.9. The predicted octanol–water partition coefficient (Wildman–Crippen LogP) is 2.34. The Morgan fingerprint density at radius 3 is 2.37 bits per heavy atom. The number of aromatic nitrogens is 3. The van der Waals surface area contributed by atoms with Gasteiger partial charge in [0.05, 0.1) is 11.5 Å². The van der Waals surface area contributed by atoms with Gasteiger partial charge in [-0.15, -0.1) is 0 Å². The van der Waals surface area contributed by atoms with Crippen LogP contribution >= 0.6 is 0 Å². The number of aromatic amines is 1. The molecule has 0 spiro atoms. The van der Waals surface area contributed by atoms with Crippen LogP contribution in [0.1, 0.15) is 26.5 Å². The van der Waals surface area contributed by atoms with Gasteiger partial charge in [-0.1, -0.05) is 20.8 Å². The normalized spacial score (nSPS) is 18.0. The van der Waals surface area contributed by atoms with E-state index < -0.39 is 19.9 Å². The van der Waals surface area contributed by atoms with Gasteiger partial charge in [0, 0.05) is 47.5 Å². The van der Waals surface area contributed by atoms with Gasteiger partial charge in [0.25, 0.3) is 10.0 Å². The van der Waals surface area contributed by atoms with E-state index in [1.54, 1.807) is 12.3 Å². The van der Waals surface area contributed by atoms with Crippen LogP contribution in [0.25, 0.3) is 22.2 Å². The average Bonchev–Trinajstić information content (AvgIpc) is 3.13. The Labute approximate surface area is 176 Å². The van der Waals surface area contributed by atoms with Crippen molar-refractivity contribution in [3.63, 3.8) is 0 Å². The summed E-state index contributed by atoms with van der Waals surface area (Å²) in [6, 6.07) is 7.14. The molecule has 0 atom stereocenters. The lowest BCUT2D eigenvalue weighted by atomic mass is 9.92. The zero-order valence-corrected chi connectivity index (χ0v) is 18.7. The zero-order valence-electron chi connectivity index (χ0n) is 17.1.